The molecule has 1 aliphatic heterocycles. The summed E-state index contributed by atoms with van der Waals surface area (Å²) in [6.45, 7) is -0.477. The Kier molecular flexibility index (Phi) is 7.88. The van der Waals surface area contributed by atoms with Crippen LogP contribution < -0.4 is 10.6 Å². The second-order valence-electron chi connectivity index (χ2n) is 11.4. The third kappa shape index (κ3) is 6.38. The van der Waals surface area contributed by atoms with E-state index in [1.165, 1.54) is 6.07 Å². The highest BCUT2D eigenvalue weighted by Gasteiger charge is 2.32. The van der Waals surface area contributed by atoms with E-state index >= 15 is 0 Å². The van der Waals surface area contributed by atoms with Gasteiger partial charge < -0.3 is 29.2 Å². The van der Waals surface area contributed by atoms with Crippen molar-refractivity contribution in [1.82, 2.24) is 29.5 Å². The Bertz CT molecular complexity index is 1600. The second kappa shape index (κ2) is 11.6. The zero-order valence-corrected chi connectivity index (χ0v) is 23.5. The highest BCUT2D eigenvalue weighted by molar-refractivity contribution is 5.96. The first kappa shape index (κ1) is 29.1. The molecule has 1 aliphatic carbocycles. The number of likely N-dealkylation sites (tertiary alicyclic amines) is 1. The standard InChI is InChI=1S/C29H32F5N7O2/c1-39-9-8-23(21(31)15-39)36-22-3-2-4-24-20(22)12-25(41(24)16-29(32,33)34)27-37-26(43-38-27)13-35-28(42)17-7-10-40(14-17)19-6-5-18(30)11-19/h2-4,7,10,12,14,18-19,21,23,36H,5-6,8-9,11,13,15-16H2,1H3,(H,35,42)/t18?,19?,21?,23-/m1/s1. The zero-order valence-electron chi connectivity index (χ0n) is 23.5. The molecule has 4 aromatic rings. The first-order chi connectivity index (χ1) is 20.5. The van der Waals surface area contributed by atoms with Crippen LogP contribution >= 0.6 is 0 Å². The lowest BCUT2D eigenvalue weighted by atomic mass is 10.0. The van der Waals surface area contributed by atoms with Crippen molar-refractivity contribution in [3.63, 3.8) is 0 Å². The smallest absolute Gasteiger partial charge is 0.379 e. The summed E-state index contributed by atoms with van der Waals surface area (Å²) in [6.07, 6.45) is -0.937. The van der Waals surface area contributed by atoms with Gasteiger partial charge in [0, 0.05) is 42.6 Å². The van der Waals surface area contributed by atoms with E-state index in [1.54, 1.807) is 36.7 Å². The predicted octanol–water partition coefficient (Wildman–Crippen LogP) is 5.50. The molecule has 14 heteroatoms. The van der Waals surface area contributed by atoms with Gasteiger partial charge in [0.25, 0.3) is 5.91 Å². The number of nitrogens with zero attached hydrogens (tertiary/aromatic N) is 5. The van der Waals surface area contributed by atoms with Gasteiger partial charge in [-0.15, -0.1) is 0 Å². The Balaban J connectivity index is 1.21. The highest BCUT2D eigenvalue weighted by atomic mass is 19.4. The number of rotatable bonds is 8. The Hall–Kier alpha value is -3.94. The topological polar surface area (TPSA) is 93.2 Å². The molecule has 1 amide bonds. The molecule has 0 radical (unpaired) electrons. The number of fused-ring (bicyclic) bond motifs is 1. The Labute approximate surface area is 244 Å². The van der Waals surface area contributed by atoms with Gasteiger partial charge in [0.15, 0.2) is 0 Å². The van der Waals surface area contributed by atoms with E-state index < -0.39 is 37.0 Å². The maximum Gasteiger partial charge on any atom is 0.406 e. The molecule has 2 aliphatic rings. The molecule has 0 spiro atoms. The van der Waals surface area contributed by atoms with Crippen LogP contribution in [0.1, 0.15) is 48.0 Å². The summed E-state index contributed by atoms with van der Waals surface area (Å²) >= 11 is 0. The first-order valence-electron chi connectivity index (χ1n) is 14.2. The van der Waals surface area contributed by atoms with E-state index in [1.807, 2.05) is 16.5 Å². The number of hydrogen-bond donors (Lipinski definition) is 2. The van der Waals surface area contributed by atoms with Crippen LogP contribution in [0.15, 0.2) is 47.2 Å². The summed E-state index contributed by atoms with van der Waals surface area (Å²) in [5, 5.41) is 10.2. The average Bonchev–Trinajstić information content (AvgIpc) is 3.75. The number of nitrogens with one attached hydrogen (secondary N) is 2. The van der Waals surface area contributed by atoms with Crippen molar-refractivity contribution in [3.05, 3.63) is 54.2 Å². The maximum atomic E-state index is 14.7. The maximum absolute atomic E-state index is 14.7. The Morgan fingerprint density at radius 3 is 2.74 bits per heavy atom. The van der Waals surface area contributed by atoms with Gasteiger partial charge in [-0.2, -0.15) is 18.2 Å². The number of amides is 1. The van der Waals surface area contributed by atoms with Gasteiger partial charge in [-0.1, -0.05) is 11.2 Å². The van der Waals surface area contributed by atoms with Crippen molar-refractivity contribution in [3.8, 4) is 11.5 Å². The van der Waals surface area contributed by atoms with Gasteiger partial charge in [0.2, 0.25) is 11.7 Å². The van der Waals surface area contributed by atoms with Gasteiger partial charge in [-0.25, -0.2) is 8.78 Å². The number of carbonyl (C=O) groups is 1. The van der Waals surface area contributed by atoms with Gasteiger partial charge in [0.05, 0.1) is 29.4 Å². The molecule has 0 bridgehead atoms. The number of anilines is 1. The van der Waals surface area contributed by atoms with Gasteiger partial charge in [-0.05, 0) is 57.0 Å². The minimum atomic E-state index is -4.54. The van der Waals surface area contributed by atoms with Crippen LogP contribution in [0.5, 0.6) is 0 Å². The van der Waals surface area contributed by atoms with Crippen LogP contribution in [0.25, 0.3) is 22.4 Å². The number of halogens is 5. The minimum absolute atomic E-state index is 0.00704. The fourth-order valence-corrected chi connectivity index (χ4v) is 6.00. The van der Waals surface area contributed by atoms with Crippen LogP contribution in [-0.4, -0.2) is 74.8 Å². The van der Waals surface area contributed by atoms with Crippen molar-refractivity contribution < 1.29 is 31.3 Å². The molecule has 43 heavy (non-hydrogen) atoms. The largest absolute Gasteiger partial charge is 0.406 e. The normalized spacial score (nSPS) is 23.2. The van der Waals surface area contributed by atoms with E-state index in [-0.39, 0.29) is 42.1 Å². The molecule has 2 N–H and O–H groups in total. The second-order valence-corrected chi connectivity index (χ2v) is 11.4. The summed E-state index contributed by atoms with van der Waals surface area (Å²) < 4.78 is 77.5. The van der Waals surface area contributed by atoms with Crippen molar-refractivity contribution in [2.45, 2.75) is 69.4 Å². The molecule has 1 saturated heterocycles. The van der Waals surface area contributed by atoms with Crippen molar-refractivity contribution in [2.24, 2.45) is 0 Å². The Morgan fingerprint density at radius 1 is 1.16 bits per heavy atom. The SMILES string of the molecule is CN1CC[C@@H](Nc2cccc3c2cc(-c2noc(CNC(=O)c4ccn(C5CCC(F)C5)c4)n2)n3CC(F)(F)F)C(F)C1. The summed E-state index contributed by atoms with van der Waals surface area (Å²) in [7, 11) is 1.84. The number of carbonyl (C=O) groups excluding carboxylic acids is 1. The third-order valence-electron chi connectivity index (χ3n) is 8.21. The number of benzene rings is 1. The van der Waals surface area contributed by atoms with E-state index in [0.717, 1.165) is 4.57 Å². The summed E-state index contributed by atoms with van der Waals surface area (Å²) in [6, 6.07) is 7.59. The van der Waals surface area contributed by atoms with Crippen molar-refractivity contribution in [1.29, 1.82) is 0 Å². The number of hydrogen-bond acceptors (Lipinski definition) is 6. The Morgan fingerprint density at radius 2 is 2.00 bits per heavy atom. The zero-order chi connectivity index (χ0) is 30.3. The molecule has 230 valence electrons. The van der Waals surface area contributed by atoms with E-state index in [9.17, 15) is 26.7 Å². The van der Waals surface area contributed by atoms with Gasteiger partial charge in [-0.3, -0.25) is 4.79 Å². The van der Waals surface area contributed by atoms with E-state index in [0.29, 0.717) is 48.9 Å². The third-order valence-corrected chi connectivity index (χ3v) is 8.21. The summed E-state index contributed by atoms with van der Waals surface area (Å²) in [5.41, 5.74) is 1.25. The van der Waals surface area contributed by atoms with E-state index in [2.05, 4.69) is 20.8 Å². The van der Waals surface area contributed by atoms with Crippen molar-refractivity contribution in [2.75, 3.05) is 25.5 Å². The molecule has 9 nitrogen and oxygen atoms in total. The van der Waals surface area contributed by atoms with Crippen LogP contribution in [0.3, 0.4) is 0 Å². The number of aromatic nitrogens is 4. The van der Waals surface area contributed by atoms with Crippen molar-refractivity contribution >= 4 is 22.5 Å². The van der Waals surface area contributed by atoms with Gasteiger partial charge in [0.1, 0.15) is 18.9 Å². The molecular weight excluding hydrogens is 573 g/mol. The molecule has 1 aromatic carbocycles. The fraction of sp³-hybridized carbons (Fsp3) is 0.483. The van der Waals surface area contributed by atoms with Crippen LogP contribution in [0, 0.1) is 0 Å². The van der Waals surface area contributed by atoms with Crippen LogP contribution in [-0.2, 0) is 13.1 Å². The van der Waals surface area contributed by atoms with Gasteiger partial charge >= 0.3 is 6.18 Å². The molecule has 6 rings (SSSR count). The average molecular weight is 606 g/mol. The number of piperidine rings is 1. The minimum Gasteiger partial charge on any atom is -0.379 e. The molecule has 1 saturated carbocycles. The molecule has 3 aromatic heterocycles. The molecule has 4 heterocycles. The van der Waals surface area contributed by atoms with Crippen LogP contribution in [0.2, 0.25) is 0 Å². The first-order valence-corrected chi connectivity index (χ1v) is 14.2. The monoisotopic (exact) mass is 605 g/mol. The van der Waals surface area contributed by atoms with E-state index in [4.69, 9.17) is 4.52 Å². The fourth-order valence-electron chi connectivity index (χ4n) is 6.00. The highest BCUT2D eigenvalue weighted by Crippen LogP contribution is 2.35. The predicted molar refractivity (Wildman–Crippen MR) is 149 cm³/mol. The molecule has 2 fully saturated rings. The molecular formula is C29H32F5N7O2. The molecule has 4 atom stereocenters. The lowest BCUT2D eigenvalue weighted by Crippen LogP contribution is -2.46. The summed E-state index contributed by atoms with van der Waals surface area (Å²) in [5.74, 6) is -0.477. The number of alkyl halides is 5. The quantitative estimate of drug-likeness (QED) is 0.258. The summed E-state index contributed by atoms with van der Waals surface area (Å²) in [4.78, 5) is 18.9. The lowest BCUT2D eigenvalue weighted by molar-refractivity contribution is -0.139. The van der Waals surface area contributed by atoms with Crippen LogP contribution in [0.4, 0.5) is 27.6 Å². The lowest BCUT2D eigenvalue weighted by Gasteiger charge is -2.33. The molecule has 3 unspecified atom stereocenters.